The Morgan fingerprint density at radius 2 is 2.28 bits per heavy atom. The highest BCUT2D eigenvalue weighted by atomic mass is 16.5. The van der Waals surface area contributed by atoms with Gasteiger partial charge in [-0.2, -0.15) is 0 Å². The van der Waals surface area contributed by atoms with Crippen LogP contribution in [0.3, 0.4) is 0 Å². The van der Waals surface area contributed by atoms with E-state index in [-0.39, 0.29) is 25.2 Å². The second-order valence-electron chi connectivity index (χ2n) is 4.55. The maximum Gasteiger partial charge on any atom is 0.253 e. The zero-order chi connectivity index (χ0) is 13.1. The van der Waals surface area contributed by atoms with Crippen LogP contribution in [-0.4, -0.2) is 36.9 Å². The average molecular weight is 249 g/mol. The summed E-state index contributed by atoms with van der Waals surface area (Å²) in [6, 6.07) is 5.74. The number of amides is 1. The van der Waals surface area contributed by atoms with E-state index >= 15 is 0 Å². The number of benzene rings is 1. The first-order valence-corrected chi connectivity index (χ1v) is 6.28. The molecule has 0 radical (unpaired) electrons. The van der Waals surface area contributed by atoms with Crippen molar-refractivity contribution in [3.05, 3.63) is 29.3 Å². The van der Waals surface area contributed by atoms with E-state index < -0.39 is 0 Å². The van der Waals surface area contributed by atoms with Gasteiger partial charge in [-0.15, -0.1) is 0 Å². The molecule has 1 amide bonds. The lowest BCUT2D eigenvalue weighted by Crippen LogP contribution is -2.52. The summed E-state index contributed by atoms with van der Waals surface area (Å²) in [6.45, 7) is 4.46. The number of aliphatic hydroxyl groups is 1. The van der Waals surface area contributed by atoms with E-state index in [1.165, 1.54) is 0 Å². The van der Waals surface area contributed by atoms with Crippen molar-refractivity contribution in [2.24, 2.45) is 0 Å². The highest BCUT2D eigenvalue weighted by Gasteiger charge is 2.31. The molecule has 1 unspecified atom stereocenters. The molecule has 0 bridgehead atoms. The second kappa shape index (κ2) is 5.50. The fourth-order valence-electron chi connectivity index (χ4n) is 2.42. The SMILES string of the molecule is CCc1cccc(C)c1N1C(=O)COCC1CO. The molecule has 0 saturated carbocycles. The number of para-hydroxylation sites is 1. The van der Waals surface area contributed by atoms with Crippen LogP contribution in [0.1, 0.15) is 18.1 Å². The topological polar surface area (TPSA) is 49.8 Å². The minimum absolute atomic E-state index is 0.0794. The molecule has 4 heteroatoms. The van der Waals surface area contributed by atoms with Gasteiger partial charge in [0.2, 0.25) is 0 Å². The van der Waals surface area contributed by atoms with Gasteiger partial charge in [0.15, 0.2) is 0 Å². The zero-order valence-corrected chi connectivity index (χ0v) is 10.8. The van der Waals surface area contributed by atoms with Gasteiger partial charge in [-0.3, -0.25) is 4.79 Å². The second-order valence-corrected chi connectivity index (χ2v) is 4.55. The number of rotatable bonds is 3. The molecular formula is C14H19NO3. The standard InChI is InChI=1S/C14H19NO3/c1-3-11-6-4-5-10(2)14(11)15-12(7-16)8-18-9-13(15)17/h4-6,12,16H,3,7-9H2,1-2H3. The number of hydrogen-bond donors (Lipinski definition) is 1. The third-order valence-corrected chi connectivity index (χ3v) is 3.32. The summed E-state index contributed by atoms with van der Waals surface area (Å²) in [4.78, 5) is 13.8. The molecule has 1 aromatic rings. The van der Waals surface area contributed by atoms with Crippen LogP contribution in [0.15, 0.2) is 18.2 Å². The molecule has 18 heavy (non-hydrogen) atoms. The van der Waals surface area contributed by atoms with E-state index in [0.29, 0.717) is 6.61 Å². The number of carbonyl (C=O) groups is 1. The Hall–Kier alpha value is -1.39. The van der Waals surface area contributed by atoms with Crippen LogP contribution < -0.4 is 4.90 Å². The van der Waals surface area contributed by atoms with E-state index in [2.05, 4.69) is 6.92 Å². The van der Waals surface area contributed by atoms with Crippen LogP contribution in [0.4, 0.5) is 5.69 Å². The highest BCUT2D eigenvalue weighted by Crippen LogP contribution is 2.29. The van der Waals surface area contributed by atoms with E-state index in [9.17, 15) is 9.90 Å². The summed E-state index contributed by atoms with van der Waals surface area (Å²) in [5, 5.41) is 9.42. The van der Waals surface area contributed by atoms with Crippen LogP contribution in [0, 0.1) is 6.92 Å². The molecule has 1 saturated heterocycles. The first kappa shape index (κ1) is 13.1. The summed E-state index contributed by atoms with van der Waals surface area (Å²) in [5.41, 5.74) is 3.12. The third kappa shape index (κ3) is 2.26. The first-order valence-electron chi connectivity index (χ1n) is 6.28. The molecule has 1 heterocycles. The largest absolute Gasteiger partial charge is 0.394 e. The lowest BCUT2D eigenvalue weighted by Gasteiger charge is -2.36. The van der Waals surface area contributed by atoms with Gasteiger partial charge in [-0.05, 0) is 24.5 Å². The summed E-state index contributed by atoms with van der Waals surface area (Å²) in [7, 11) is 0. The Kier molecular flexibility index (Phi) is 3.99. The Labute approximate surface area is 107 Å². The Morgan fingerprint density at radius 1 is 1.50 bits per heavy atom. The number of ether oxygens (including phenoxy) is 1. The van der Waals surface area contributed by atoms with E-state index in [1.54, 1.807) is 4.90 Å². The van der Waals surface area contributed by atoms with Crippen molar-refractivity contribution in [3.63, 3.8) is 0 Å². The van der Waals surface area contributed by atoms with Gasteiger partial charge in [0, 0.05) is 0 Å². The molecule has 1 fully saturated rings. The summed E-state index contributed by atoms with van der Waals surface area (Å²) in [5.74, 6) is -0.0794. The van der Waals surface area contributed by atoms with Crippen molar-refractivity contribution in [2.45, 2.75) is 26.3 Å². The number of aryl methyl sites for hydroxylation is 2. The number of aliphatic hydroxyl groups excluding tert-OH is 1. The van der Waals surface area contributed by atoms with E-state index in [0.717, 1.165) is 23.2 Å². The van der Waals surface area contributed by atoms with Crippen LogP contribution >= 0.6 is 0 Å². The molecule has 98 valence electrons. The van der Waals surface area contributed by atoms with Gasteiger partial charge >= 0.3 is 0 Å². The molecule has 1 N–H and O–H groups in total. The minimum Gasteiger partial charge on any atom is -0.394 e. The molecule has 0 aliphatic carbocycles. The third-order valence-electron chi connectivity index (χ3n) is 3.32. The van der Waals surface area contributed by atoms with Gasteiger partial charge in [-0.25, -0.2) is 0 Å². The predicted molar refractivity (Wildman–Crippen MR) is 69.7 cm³/mol. The Balaban J connectivity index is 2.47. The Bertz CT molecular complexity index is 445. The van der Waals surface area contributed by atoms with Crippen LogP contribution in [-0.2, 0) is 16.0 Å². The molecule has 1 aliphatic rings. The van der Waals surface area contributed by atoms with Crippen molar-refractivity contribution < 1.29 is 14.6 Å². The lowest BCUT2D eigenvalue weighted by atomic mass is 10.0. The van der Waals surface area contributed by atoms with Crippen LogP contribution in [0.25, 0.3) is 0 Å². The van der Waals surface area contributed by atoms with Gasteiger partial charge in [0.05, 0.1) is 24.9 Å². The van der Waals surface area contributed by atoms with E-state index in [1.807, 2.05) is 25.1 Å². The van der Waals surface area contributed by atoms with Crippen molar-refractivity contribution in [1.29, 1.82) is 0 Å². The number of morpholine rings is 1. The van der Waals surface area contributed by atoms with E-state index in [4.69, 9.17) is 4.74 Å². The summed E-state index contributed by atoms with van der Waals surface area (Å²) in [6.07, 6.45) is 0.861. The molecule has 4 nitrogen and oxygen atoms in total. The maximum absolute atomic E-state index is 12.1. The van der Waals surface area contributed by atoms with Crippen LogP contribution in [0.5, 0.6) is 0 Å². The Morgan fingerprint density at radius 3 is 2.94 bits per heavy atom. The molecule has 1 atom stereocenters. The van der Waals surface area contributed by atoms with Gasteiger partial charge in [0.25, 0.3) is 5.91 Å². The lowest BCUT2D eigenvalue weighted by molar-refractivity contribution is -0.128. The molecule has 2 rings (SSSR count). The van der Waals surface area contributed by atoms with Gasteiger partial charge in [0.1, 0.15) is 6.61 Å². The summed E-state index contributed by atoms with van der Waals surface area (Å²) < 4.78 is 5.20. The smallest absolute Gasteiger partial charge is 0.253 e. The number of hydrogen-bond acceptors (Lipinski definition) is 3. The fraction of sp³-hybridized carbons (Fsp3) is 0.500. The van der Waals surface area contributed by atoms with Crippen molar-refractivity contribution >= 4 is 11.6 Å². The van der Waals surface area contributed by atoms with Crippen molar-refractivity contribution in [2.75, 3.05) is 24.7 Å². The normalized spacial score (nSPS) is 20.3. The van der Waals surface area contributed by atoms with Crippen molar-refractivity contribution in [1.82, 2.24) is 0 Å². The molecule has 0 aromatic heterocycles. The van der Waals surface area contributed by atoms with Crippen LogP contribution in [0.2, 0.25) is 0 Å². The minimum atomic E-state index is -0.280. The number of nitrogens with zero attached hydrogens (tertiary/aromatic N) is 1. The summed E-state index contributed by atoms with van der Waals surface area (Å²) >= 11 is 0. The number of carbonyl (C=O) groups excluding carboxylic acids is 1. The first-order chi connectivity index (χ1) is 8.69. The molecule has 0 spiro atoms. The highest BCUT2D eigenvalue weighted by molar-refractivity contribution is 5.97. The average Bonchev–Trinajstić information content (AvgIpc) is 2.38. The fourth-order valence-corrected chi connectivity index (χ4v) is 2.42. The van der Waals surface area contributed by atoms with Crippen molar-refractivity contribution in [3.8, 4) is 0 Å². The maximum atomic E-state index is 12.1. The van der Waals surface area contributed by atoms with Gasteiger partial charge in [-0.1, -0.05) is 25.1 Å². The molecular weight excluding hydrogens is 230 g/mol. The monoisotopic (exact) mass is 249 g/mol. The zero-order valence-electron chi connectivity index (χ0n) is 10.8. The molecule has 1 aliphatic heterocycles. The number of anilines is 1. The quantitative estimate of drug-likeness (QED) is 0.878. The predicted octanol–water partition coefficient (Wildman–Crippen LogP) is 1.28. The van der Waals surface area contributed by atoms with Gasteiger partial charge < -0.3 is 14.7 Å². The molecule has 1 aromatic carbocycles.